The van der Waals surface area contributed by atoms with E-state index in [1.807, 2.05) is 12.1 Å². The van der Waals surface area contributed by atoms with E-state index in [2.05, 4.69) is 26.1 Å². The van der Waals surface area contributed by atoms with Crippen LogP contribution in [0.15, 0.2) is 24.3 Å². The number of nitrogens with zero attached hydrogens (tertiary/aromatic N) is 1. The number of non-ortho nitro benzene ring substituents is 1. The number of nitro benzene ring substituents is 1. The van der Waals surface area contributed by atoms with Gasteiger partial charge in [-0.2, -0.15) is 0 Å². The lowest BCUT2D eigenvalue weighted by molar-refractivity contribution is -0.385. The maximum atomic E-state index is 11.0. The smallest absolute Gasteiger partial charge is 0.269 e. The second kappa shape index (κ2) is 6.56. The molecule has 0 spiro atoms. The molecule has 21 heavy (non-hydrogen) atoms. The van der Waals surface area contributed by atoms with Gasteiger partial charge in [0, 0.05) is 18.2 Å². The number of benzene rings is 1. The average molecular weight is 290 g/mol. The van der Waals surface area contributed by atoms with Gasteiger partial charge >= 0.3 is 0 Å². The van der Waals surface area contributed by atoms with Crippen molar-refractivity contribution in [2.75, 3.05) is 6.54 Å². The first kappa shape index (κ1) is 16.0. The Morgan fingerprint density at radius 1 is 1.33 bits per heavy atom. The van der Waals surface area contributed by atoms with Gasteiger partial charge in [-0.05, 0) is 49.1 Å². The van der Waals surface area contributed by atoms with Crippen LogP contribution in [0.1, 0.15) is 57.9 Å². The van der Waals surface area contributed by atoms with Gasteiger partial charge in [0.25, 0.3) is 5.69 Å². The predicted molar refractivity (Wildman–Crippen MR) is 85.6 cm³/mol. The molecule has 0 saturated heterocycles. The van der Waals surface area contributed by atoms with Crippen LogP contribution in [-0.4, -0.2) is 17.5 Å². The highest BCUT2D eigenvalue weighted by molar-refractivity contribution is 5.39. The van der Waals surface area contributed by atoms with Crippen LogP contribution in [0, 0.1) is 15.5 Å². The van der Waals surface area contributed by atoms with Crippen LogP contribution in [0.2, 0.25) is 0 Å². The van der Waals surface area contributed by atoms with Crippen LogP contribution in [0.25, 0.3) is 0 Å². The topological polar surface area (TPSA) is 55.2 Å². The maximum Gasteiger partial charge on any atom is 0.269 e. The van der Waals surface area contributed by atoms with Crippen LogP contribution in [0.4, 0.5) is 5.69 Å². The van der Waals surface area contributed by atoms with E-state index < -0.39 is 0 Å². The molecule has 1 aliphatic carbocycles. The number of hydrogen-bond donors (Lipinski definition) is 1. The van der Waals surface area contributed by atoms with Gasteiger partial charge in [0.1, 0.15) is 0 Å². The summed E-state index contributed by atoms with van der Waals surface area (Å²) in [6.45, 7) is 7.72. The van der Waals surface area contributed by atoms with Crippen molar-refractivity contribution in [3.8, 4) is 0 Å². The minimum atomic E-state index is -0.297. The zero-order chi connectivity index (χ0) is 15.5. The number of nitro groups is 1. The first-order valence-electron chi connectivity index (χ1n) is 8.06. The van der Waals surface area contributed by atoms with Crippen molar-refractivity contribution < 1.29 is 4.92 Å². The minimum Gasteiger partial charge on any atom is -0.313 e. The molecule has 2 rings (SSSR count). The number of nitrogens with one attached hydrogen (secondary N) is 1. The van der Waals surface area contributed by atoms with Crippen LogP contribution < -0.4 is 5.32 Å². The van der Waals surface area contributed by atoms with E-state index in [1.54, 1.807) is 12.1 Å². The zero-order valence-electron chi connectivity index (χ0n) is 13.3. The molecule has 116 valence electrons. The van der Waals surface area contributed by atoms with Crippen molar-refractivity contribution in [3.63, 3.8) is 0 Å². The Labute approximate surface area is 127 Å². The molecule has 4 heteroatoms. The van der Waals surface area contributed by atoms with Crippen LogP contribution in [-0.2, 0) is 0 Å². The molecule has 0 aromatic heterocycles. The van der Waals surface area contributed by atoms with Crippen LogP contribution in [0.3, 0.4) is 0 Å². The van der Waals surface area contributed by atoms with Crippen molar-refractivity contribution in [1.82, 2.24) is 5.32 Å². The fourth-order valence-corrected chi connectivity index (χ4v) is 3.95. The van der Waals surface area contributed by atoms with Crippen molar-refractivity contribution in [3.05, 3.63) is 39.9 Å². The Morgan fingerprint density at radius 3 is 2.62 bits per heavy atom. The summed E-state index contributed by atoms with van der Waals surface area (Å²) in [6, 6.07) is 7.75. The van der Waals surface area contributed by atoms with Gasteiger partial charge < -0.3 is 5.32 Å². The fourth-order valence-electron chi connectivity index (χ4n) is 3.95. The van der Waals surface area contributed by atoms with Gasteiger partial charge in [-0.3, -0.25) is 10.1 Å². The molecule has 1 aromatic carbocycles. The third-order valence-electron chi connectivity index (χ3n) is 5.30. The second-order valence-corrected chi connectivity index (χ2v) is 6.09. The van der Waals surface area contributed by atoms with Crippen molar-refractivity contribution in [2.24, 2.45) is 5.41 Å². The molecule has 0 radical (unpaired) electrons. The van der Waals surface area contributed by atoms with Crippen molar-refractivity contribution in [1.29, 1.82) is 0 Å². The Hall–Kier alpha value is -1.42. The highest BCUT2D eigenvalue weighted by Gasteiger charge is 2.52. The molecule has 4 nitrogen and oxygen atoms in total. The molecule has 1 saturated carbocycles. The zero-order valence-corrected chi connectivity index (χ0v) is 13.3. The minimum absolute atomic E-state index is 0.207. The van der Waals surface area contributed by atoms with Crippen molar-refractivity contribution >= 4 is 5.69 Å². The monoisotopic (exact) mass is 290 g/mol. The third-order valence-corrected chi connectivity index (χ3v) is 5.30. The Balaban J connectivity index is 2.23. The molecule has 0 amide bonds. The SMILES string of the molecule is CCCNC1CC(c2cccc([N+](=O)[O-])c2)C1(CC)CC. The summed E-state index contributed by atoms with van der Waals surface area (Å²) >= 11 is 0. The van der Waals surface area contributed by atoms with E-state index in [0.717, 1.165) is 37.8 Å². The first-order chi connectivity index (χ1) is 10.1. The fraction of sp³-hybridized carbons (Fsp3) is 0.647. The molecule has 1 aliphatic rings. The summed E-state index contributed by atoms with van der Waals surface area (Å²) in [5.41, 5.74) is 1.57. The second-order valence-electron chi connectivity index (χ2n) is 6.09. The standard InChI is InChI=1S/C17H26N2O2/c1-4-10-18-16-12-15(17(16,5-2)6-3)13-8-7-9-14(11-13)19(20)21/h7-9,11,15-16,18H,4-6,10,12H2,1-3H3. The molecule has 0 bridgehead atoms. The normalized spacial score (nSPS) is 23.6. The van der Waals surface area contributed by atoms with E-state index in [1.165, 1.54) is 0 Å². The molecule has 2 unspecified atom stereocenters. The highest BCUT2D eigenvalue weighted by Crippen LogP contribution is 2.57. The van der Waals surface area contributed by atoms with Gasteiger partial charge in [-0.1, -0.05) is 32.9 Å². The van der Waals surface area contributed by atoms with Gasteiger partial charge in [0.2, 0.25) is 0 Å². The van der Waals surface area contributed by atoms with E-state index in [-0.39, 0.29) is 16.0 Å². The molecule has 1 aromatic rings. The summed E-state index contributed by atoms with van der Waals surface area (Å²) in [5.74, 6) is 0.432. The first-order valence-corrected chi connectivity index (χ1v) is 8.06. The molecule has 2 atom stereocenters. The lowest BCUT2D eigenvalue weighted by Gasteiger charge is -2.56. The Morgan fingerprint density at radius 2 is 2.05 bits per heavy atom. The van der Waals surface area contributed by atoms with Gasteiger partial charge in [-0.15, -0.1) is 0 Å². The van der Waals surface area contributed by atoms with E-state index in [9.17, 15) is 10.1 Å². The third kappa shape index (κ3) is 2.82. The molecule has 0 heterocycles. The van der Waals surface area contributed by atoms with E-state index in [0.29, 0.717) is 12.0 Å². The molecule has 1 N–H and O–H groups in total. The summed E-state index contributed by atoms with van der Waals surface area (Å²) in [5, 5.41) is 14.6. The molecular weight excluding hydrogens is 264 g/mol. The summed E-state index contributed by atoms with van der Waals surface area (Å²) < 4.78 is 0. The molecular formula is C17H26N2O2. The van der Waals surface area contributed by atoms with Gasteiger partial charge in [-0.25, -0.2) is 0 Å². The lowest BCUT2D eigenvalue weighted by atomic mass is 9.51. The Kier molecular flexibility index (Phi) is 4.99. The molecule has 0 aliphatic heterocycles. The largest absolute Gasteiger partial charge is 0.313 e. The predicted octanol–water partition coefficient (Wildman–Crippen LogP) is 4.26. The summed E-state index contributed by atoms with van der Waals surface area (Å²) in [4.78, 5) is 10.7. The number of hydrogen-bond acceptors (Lipinski definition) is 3. The quantitative estimate of drug-likeness (QED) is 0.603. The number of rotatable bonds is 7. The maximum absolute atomic E-state index is 11.0. The van der Waals surface area contributed by atoms with Crippen LogP contribution >= 0.6 is 0 Å². The lowest BCUT2D eigenvalue weighted by Crippen LogP contribution is -2.58. The average Bonchev–Trinajstić information content (AvgIpc) is 2.48. The highest BCUT2D eigenvalue weighted by atomic mass is 16.6. The van der Waals surface area contributed by atoms with E-state index >= 15 is 0 Å². The molecule has 1 fully saturated rings. The van der Waals surface area contributed by atoms with Crippen molar-refractivity contribution in [2.45, 2.75) is 58.4 Å². The van der Waals surface area contributed by atoms with E-state index in [4.69, 9.17) is 0 Å². The van der Waals surface area contributed by atoms with Gasteiger partial charge in [0.05, 0.1) is 4.92 Å². The summed E-state index contributed by atoms with van der Waals surface area (Å²) in [6.07, 6.45) is 4.45. The Bertz CT molecular complexity index is 497. The summed E-state index contributed by atoms with van der Waals surface area (Å²) in [7, 11) is 0. The van der Waals surface area contributed by atoms with Gasteiger partial charge in [0.15, 0.2) is 0 Å². The van der Waals surface area contributed by atoms with Crippen LogP contribution in [0.5, 0.6) is 0 Å².